The van der Waals surface area contributed by atoms with E-state index in [9.17, 15) is 0 Å². The second-order valence-electron chi connectivity index (χ2n) is 4.06. The molecule has 0 aromatic heterocycles. The zero-order chi connectivity index (χ0) is 13.5. The van der Waals surface area contributed by atoms with E-state index in [0.29, 0.717) is 23.7 Å². The van der Waals surface area contributed by atoms with Crippen molar-refractivity contribution in [2.75, 3.05) is 13.7 Å². The first kappa shape index (κ1) is 13.0. The fourth-order valence-corrected chi connectivity index (χ4v) is 1.76. The molecule has 0 saturated carbocycles. The van der Waals surface area contributed by atoms with Crippen LogP contribution in [0.15, 0.2) is 48.5 Å². The average Bonchev–Trinajstić information content (AvgIpc) is 2.48. The minimum atomic E-state index is 0.522. The molecule has 0 aliphatic heterocycles. The van der Waals surface area contributed by atoms with Gasteiger partial charge in [0.05, 0.1) is 19.3 Å². The third-order valence-corrected chi connectivity index (χ3v) is 2.80. The number of benzene rings is 2. The van der Waals surface area contributed by atoms with E-state index >= 15 is 0 Å². The normalized spacial score (nSPS) is 9.68. The van der Waals surface area contributed by atoms with Crippen LogP contribution in [0.25, 0.3) is 0 Å². The summed E-state index contributed by atoms with van der Waals surface area (Å²) in [6, 6.07) is 17.4. The predicted molar refractivity (Wildman–Crippen MR) is 73.4 cm³/mol. The average molecular weight is 253 g/mol. The lowest BCUT2D eigenvalue weighted by molar-refractivity contribution is 0.318. The molecule has 2 aromatic rings. The van der Waals surface area contributed by atoms with Crippen LogP contribution in [0.2, 0.25) is 0 Å². The Hall–Kier alpha value is -2.47. The number of nitrogens with zero attached hydrogens (tertiary/aromatic N) is 1. The smallest absolute Gasteiger partial charge is 0.140 e. The Kier molecular flexibility index (Phi) is 4.41. The summed E-state index contributed by atoms with van der Waals surface area (Å²) in [4.78, 5) is 0. The Morgan fingerprint density at radius 3 is 2.58 bits per heavy atom. The molecule has 0 bridgehead atoms. The standard InChI is InChI=1S/C16H15NO2/c1-18-15-8-7-14(12-17)16(11-15)19-10-9-13-5-3-2-4-6-13/h2-8,11H,9-10H2,1H3. The molecule has 2 rings (SSSR count). The molecular weight excluding hydrogens is 238 g/mol. The van der Waals surface area contributed by atoms with E-state index in [-0.39, 0.29) is 0 Å². The Labute approximate surface area is 113 Å². The van der Waals surface area contributed by atoms with E-state index in [2.05, 4.69) is 18.2 Å². The molecule has 96 valence electrons. The lowest BCUT2D eigenvalue weighted by Gasteiger charge is -2.09. The van der Waals surface area contributed by atoms with E-state index in [1.165, 1.54) is 5.56 Å². The molecule has 0 aliphatic carbocycles. The van der Waals surface area contributed by atoms with Gasteiger partial charge in [0.15, 0.2) is 0 Å². The van der Waals surface area contributed by atoms with Crippen molar-refractivity contribution in [3.63, 3.8) is 0 Å². The lowest BCUT2D eigenvalue weighted by Crippen LogP contribution is -2.02. The highest BCUT2D eigenvalue weighted by molar-refractivity contribution is 5.47. The summed E-state index contributed by atoms with van der Waals surface area (Å²) in [6.45, 7) is 0.534. The lowest BCUT2D eigenvalue weighted by atomic mass is 10.1. The maximum atomic E-state index is 9.03. The van der Waals surface area contributed by atoms with Gasteiger partial charge in [-0.15, -0.1) is 0 Å². The van der Waals surface area contributed by atoms with Crippen LogP contribution in [0.4, 0.5) is 0 Å². The number of rotatable bonds is 5. The van der Waals surface area contributed by atoms with Gasteiger partial charge in [-0.1, -0.05) is 30.3 Å². The molecule has 0 aliphatic rings. The maximum Gasteiger partial charge on any atom is 0.140 e. The molecule has 0 amide bonds. The number of hydrogen-bond acceptors (Lipinski definition) is 3. The summed E-state index contributed by atoms with van der Waals surface area (Å²) < 4.78 is 10.8. The Morgan fingerprint density at radius 2 is 1.89 bits per heavy atom. The van der Waals surface area contributed by atoms with E-state index in [1.807, 2.05) is 18.2 Å². The molecule has 0 atom stereocenters. The quantitative estimate of drug-likeness (QED) is 0.821. The van der Waals surface area contributed by atoms with Crippen molar-refractivity contribution < 1.29 is 9.47 Å². The summed E-state index contributed by atoms with van der Waals surface area (Å²) in [5.41, 5.74) is 1.73. The van der Waals surface area contributed by atoms with E-state index in [0.717, 1.165) is 6.42 Å². The van der Waals surface area contributed by atoms with Crippen LogP contribution in [-0.2, 0) is 6.42 Å². The fraction of sp³-hybridized carbons (Fsp3) is 0.188. The number of hydrogen-bond donors (Lipinski definition) is 0. The monoisotopic (exact) mass is 253 g/mol. The molecule has 19 heavy (non-hydrogen) atoms. The number of nitriles is 1. The highest BCUT2D eigenvalue weighted by atomic mass is 16.5. The van der Waals surface area contributed by atoms with Crippen molar-refractivity contribution in [3.05, 3.63) is 59.7 Å². The van der Waals surface area contributed by atoms with Crippen LogP contribution in [0.3, 0.4) is 0 Å². The molecule has 3 nitrogen and oxygen atoms in total. The van der Waals surface area contributed by atoms with Gasteiger partial charge < -0.3 is 9.47 Å². The highest BCUT2D eigenvalue weighted by Gasteiger charge is 2.05. The van der Waals surface area contributed by atoms with Gasteiger partial charge in [0.25, 0.3) is 0 Å². The highest BCUT2D eigenvalue weighted by Crippen LogP contribution is 2.24. The van der Waals surface area contributed by atoms with Crippen LogP contribution in [0.1, 0.15) is 11.1 Å². The summed E-state index contributed by atoms with van der Waals surface area (Å²) >= 11 is 0. The summed E-state index contributed by atoms with van der Waals surface area (Å²) in [5, 5.41) is 9.03. The van der Waals surface area contributed by atoms with Gasteiger partial charge in [0.2, 0.25) is 0 Å². The van der Waals surface area contributed by atoms with Crippen LogP contribution in [-0.4, -0.2) is 13.7 Å². The molecule has 0 N–H and O–H groups in total. The van der Waals surface area contributed by atoms with Crippen LogP contribution in [0.5, 0.6) is 11.5 Å². The SMILES string of the molecule is COc1ccc(C#N)c(OCCc2ccccc2)c1. The van der Waals surface area contributed by atoms with E-state index < -0.39 is 0 Å². The predicted octanol–water partition coefficient (Wildman–Crippen LogP) is 3.19. The van der Waals surface area contributed by atoms with Gasteiger partial charge in [-0.05, 0) is 17.7 Å². The number of methoxy groups -OCH3 is 1. The zero-order valence-corrected chi connectivity index (χ0v) is 10.8. The summed E-state index contributed by atoms with van der Waals surface area (Å²) in [7, 11) is 1.59. The van der Waals surface area contributed by atoms with Gasteiger partial charge in [0.1, 0.15) is 17.6 Å². The molecule has 0 heterocycles. The van der Waals surface area contributed by atoms with Crippen molar-refractivity contribution in [1.82, 2.24) is 0 Å². The Balaban J connectivity index is 2.01. The topological polar surface area (TPSA) is 42.2 Å². The second-order valence-corrected chi connectivity index (χ2v) is 4.06. The molecule has 0 unspecified atom stereocenters. The van der Waals surface area contributed by atoms with Crippen LogP contribution in [0, 0.1) is 11.3 Å². The van der Waals surface area contributed by atoms with Crippen molar-refractivity contribution in [2.24, 2.45) is 0 Å². The Morgan fingerprint density at radius 1 is 1.11 bits per heavy atom. The fourth-order valence-electron chi connectivity index (χ4n) is 1.76. The van der Waals surface area contributed by atoms with Crippen molar-refractivity contribution in [2.45, 2.75) is 6.42 Å². The molecule has 3 heteroatoms. The first-order valence-corrected chi connectivity index (χ1v) is 6.08. The van der Waals surface area contributed by atoms with E-state index in [1.54, 1.807) is 25.3 Å². The second kappa shape index (κ2) is 6.46. The zero-order valence-electron chi connectivity index (χ0n) is 10.8. The molecule has 0 saturated heterocycles. The molecule has 0 fully saturated rings. The third-order valence-electron chi connectivity index (χ3n) is 2.80. The molecule has 2 aromatic carbocycles. The van der Waals surface area contributed by atoms with Crippen LogP contribution < -0.4 is 9.47 Å². The first-order valence-electron chi connectivity index (χ1n) is 6.08. The largest absolute Gasteiger partial charge is 0.497 e. The van der Waals surface area contributed by atoms with Crippen molar-refractivity contribution in [3.8, 4) is 17.6 Å². The number of ether oxygens (including phenoxy) is 2. The van der Waals surface area contributed by atoms with Gasteiger partial charge in [0, 0.05) is 12.5 Å². The maximum absolute atomic E-state index is 9.03. The Bertz CT molecular complexity index is 573. The summed E-state index contributed by atoms with van der Waals surface area (Å²) in [5.74, 6) is 1.26. The molecule has 0 radical (unpaired) electrons. The van der Waals surface area contributed by atoms with Crippen molar-refractivity contribution >= 4 is 0 Å². The van der Waals surface area contributed by atoms with Gasteiger partial charge >= 0.3 is 0 Å². The van der Waals surface area contributed by atoms with Crippen LogP contribution >= 0.6 is 0 Å². The van der Waals surface area contributed by atoms with Gasteiger partial charge in [-0.25, -0.2) is 0 Å². The molecule has 0 spiro atoms. The van der Waals surface area contributed by atoms with E-state index in [4.69, 9.17) is 14.7 Å². The first-order chi connectivity index (χ1) is 9.33. The summed E-state index contributed by atoms with van der Waals surface area (Å²) in [6.07, 6.45) is 0.808. The van der Waals surface area contributed by atoms with Gasteiger partial charge in [-0.3, -0.25) is 0 Å². The minimum absolute atomic E-state index is 0.522. The van der Waals surface area contributed by atoms with Crippen molar-refractivity contribution in [1.29, 1.82) is 5.26 Å². The molecular formula is C16H15NO2. The third kappa shape index (κ3) is 3.49. The van der Waals surface area contributed by atoms with Gasteiger partial charge in [-0.2, -0.15) is 5.26 Å². The minimum Gasteiger partial charge on any atom is -0.497 e.